The van der Waals surface area contributed by atoms with Gasteiger partial charge in [0.2, 0.25) is 0 Å². The van der Waals surface area contributed by atoms with Gasteiger partial charge in [0.05, 0.1) is 0 Å². The minimum Gasteiger partial charge on any atom is -0.341 e. The van der Waals surface area contributed by atoms with Crippen LogP contribution in [-0.2, 0) is 0 Å². The summed E-state index contributed by atoms with van der Waals surface area (Å²) in [6.45, 7) is 3.64. The third-order valence-electron chi connectivity index (χ3n) is 2.47. The number of amides is 2. The third kappa shape index (κ3) is 1.88. The van der Waals surface area contributed by atoms with E-state index in [4.69, 9.17) is 5.73 Å². The van der Waals surface area contributed by atoms with Gasteiger partial charge in [-0.1, -0.05) is 6.92 Å². The van der Waals surface area contributed by atoms with Crippen LogP contribution in [0.4, 0.5) is 4.79 Å². The third-order valence-corrected chi connectivity index (χ3v) is 2.47. The highest BCUT2D eigenvalue weighted by molar-refractivity contribution is 5.73. The van der Waals surface area contributed by atoms with E-state index in [1.165, 1.54) is 0 Å². The molecule has 1 heterocycles. The number of piperidine rings is 1. The van der Waals surface area contributed by atoms with Crippen molar-refractivity contribution in [2.75, 3.05) is 20.1 Å². The van der Waals surface area contributed by atoms with Crippen LogP contribution in [0.5, 0.6) is 0 Å². The lowest BCUT2D eigenvalue weighted by molar-refractivity contribution is 0.162. The number of urea groups is 1. The summed E-state index contributed by atoms with van der Waals surface area (Å²) in [4.78, 5) is 13.0. The van der Waals surface area contributed by atoms with Crippen LogP contribution in [0, 0.1) is 5.92 Å². The first kappa shape index (κ1) is 9.32. The Morgan fingerprint density at radius 2 is 2.33 bits per heavy atom. The van der Waals surface area contributed by atoms with Crippen molar-refractivity contribution < 1.29 is 4.79 Å². The highest BCUT2D eigenvalue weighted by Crippen LogP contribution is 2.14. The Balaban J connectivity index is 2.45. The second kappa shape index (κ2) is 3.76. The van der Waals surface area contributed by atoms with E-state index in [1.54, 1.807) is 7.05 Å². The molecule has 0 bridgehead atoms. The SMILES string of the molecule is CNC(=O)N1CCC(N)C(C)C1. The van der Waals surface area contributed by atoms with Crippen LogP contribution in [0.1, 0.15) is 13.3 Å². The van der Waals surface area contributed by atoms with Gasteiger partial charge in [-0.2, -0.15) is 0 Å². The van der Waals surface area contributed by atoms with E-state index in [2.05, 4.69) is 12.2 Å². The van der Waals surface area contributed by atoms with Crippen molar-refractivity contribution in [3.05, 3.63) is 0 Å². The van der Waals surface area contributed by atoms with Gasteiger partial charge in [0.1, 0.15) is 0 Å². The fraction of sp³-hybridized carbons (Fsp3) is 0.875. The number of carbonyl (C=O) groups is 1. The highest BCUT2D eigenvalue weighted by Gasteiger charge is 2.25. The van der Waals surface area contributed by atoms with Crippen molar-refractivity contribution in [1.29, 1.82) is 0 Å². The molecule has 0 aromatic carbocycles. The lowest BCUT2D eigenvalue weighted by Gasteiger charge is -2.34. The standard InChI is InChI=1S/C8H17N3O/c1-6-5-11(8(12)10-2)4-3-7(6)9/h6-7H,3-5,9H2,1-2H3,(H,10,12). The number of carbonyl (C=O) groups excluding carboxylic acids is 1. The summed E-state index contributed by atoms with van der Waals surface area (Å²) in [6, 6.07) is 0.264. The Hall–Kier alpha value is -0.770. The Kier molecular flexibility index (Phi) is 2.92. The van der Waals surface area contributed by atoms with Gasteiger partial charge in [-0.3, -0.25) is 0 Å². The average molecular weight is 171 g/mol. The Labute approximate surface area is 73.1 Å². The molecule has 70 valence electrons. The average Bonchev–Trinajstić information content (AvgIpc) is 2.08. The number of hydrogen-bond acceptors (Lipinski definition) is 2. The zero-order valence-electron chi connectivity index (χ0n) is 7.71. The lowest BCUT2D eigenvalue weighted by atomic mass is 9.95. The predicted octanol–water partition coefficient (Wildman–Crippen LogP) is -0.00510. The van der Waals surface area contributed by atoms with Gasteiger partial charge in [-0.15, -0.1) is 0 Å². The molecular weight excluding hydrogens is 154 g/mol. The quantitative estimate of drug-likeness (QED) is 0.539. The topological polar surface area (TPSA) is 58.4 Å². The summed E-state index contributed by atoms with van der Waals surface area (Å²) in [5.41, 5.74) is 5.82. The molecule has 0 aromatic heterocycles. The second-order valence-electron chi connectivity index (χ2n) is 3.43. The fourth-order valence-corrected chi connectivity index (χ4v) is 1.51. The molecule has 2 atom stereocenters. The van der Waals surface area contributed by atoms with E-state index in [9.17, 15) is 4.79 Å². The van der Waals surface area contributed by atoms with Gasteiger partial charge in [0.25, 0.3) is 0 Å². The van der Waals surface area contributed by atoms with E-state index in [0.717, 1.165) is 19.5 Å². The van der Waals surface area contributed by atoms with Gasteiger partial charge in [-0.05, 0) is 12.3 Å². The van der Waals surface area contributed by atoms with Gasteiger partial charge >= 0.3 is 6.03 Å². The number of nitrogens with two attached hydrogens (primary N) is 1. The van der Waals surface area contributed by atoms with E-state index >= 15 is 0 Å². The van der Waals surface area contributed by atoms with Crippen LogP contribution >= 0.6 is 0 Å². The fourth-order valence-electron chi connectivity index (χ4n) is 1.51. The van der Waals surface area contributed by atoms with E-state index in [-0.39, 0.29) is 12.1 Å². The van der Waals surface area contributed by atoms with Crippen LogP contribution in [0.15, 0.2) is 0 Å². The van der Waals surface area contributed by atoms with Gasteiger partial charge < -0.3 is 16.0 Å². The number of hydrogen-bond donors (Lipinski definition) is 2. The molecule has 4 heteroatoms. The Morgan fingerprint density at radius 3 is 2.83 bits per heavy atom. The van der Waals surface area contributed by atoms with Crippen LogP contribution < -0.4 is 11.1 Å². The second-order valence-corrected chi connectivity index (χ2v) is 3.43. The van der Waals surface area contributed by atoms with E-state index in [1.807, 2.05) is 4.90 Å². The first-order chi connectivity index (χ1) is 5.65. The molecule has 0 aromatic rings. The van der Waals surface area contributed by atoms with Crippen LogP contribution in [0.3, 0.4) is 0 Å². The number of nitrogens with one attached hydrogen (secondary N) is 1. The molecule has 0 spiro atoms. The molecule has 2 unspecified atom stereocenters. The zero-order valence-corrected chi connectivity index (χ0v) is 7.71. The molecule has 4 nitrogen and oxygen atoms in total. The van der Waals surface area contributed by atoms with E-state index < -0.39 is 0 Å². The molecule has 1 rings (SSSR count). The largest absolute Gasteiger partial charge is 0.341 e. The molecule has 0 radical (unpaired) electrons. The summed E-state index contributed by atoms with van der Waals surface area (Å²) in [6.07, 6.45) is 0.911. The maximum atomic E-state index is 11.2. The first-order valence-electron chi connectivity index (χ1n) is 4.37. The normalized spacial score (nSPS) is 30.1. The van der Waals surface area contributed by atoms with Crippen molar-refractivity contribution >= 4 is 6.03 Å². The molecule has 0 aliphatic carbocycles. The molecule has 1 fully saturated rings. The summed E-state index contributed by atoms with van der Waals surface area (Å²) >= 11 is 0. The number of nitrogens with zero attached hydrogens (tertiary/aromatic N) is 1. The van der Waals surface area contributed by atoms with Crippen molar-refractivity contribution in [3.8, 4) is 0 Å². The minimum absolute atomic E-state index is 0.00810. The van der Waals surface area contributed by atoms with Crippen LogP contribution in [-0.4, -0.2) is 37.1 Å². The molecule has 1 aliphatic heterocycles. The summed E-state index contributed by atoms with van der Waals surface area (Å²) in [5, 5.41) is 2.62. The summed E-state index contributed by atoms with van der Waals surface area (Å²) in [7, 11) is 1.65. The van der Waals surface area contributed by atoms with Crippen molar-refractivity contribution in [2.24, 2.45) is 11.7 Å². The Morgan fingerprint density at radius 1 is 1.67 bits per heavy atom. The summed E-state index contributed by atoms with van der Waals surface area (Å²) in [5.74, 6) is 0.413. The van der Waals surface area contributed by atoms with Crippen LogP contribution in [0.25, 0.3) is 0 Å². The molecule has 1 saturated heterocycles. The van der Waals surface area contributed by atoms with Gasteiger partial charge in [-0.25, -0.2) is 4.79 Å². The first-order valence-corrected chi connectivity index (χ1v) is 4.37. The lowest BCUT2D eigenvalue weighted by Crippen LogP contribution is -2.50. The number of likely N-dealkylation sites (tertiary alicyclic amines) is 1. The molecular formula is C8H17N3O. The molecule has 2 amide bonds. The maximum absolute atomic E-state index is 11.2. The van der Waals surface area contributed by atoms with Crippen molar-refractivity contribution in [1.82, 2.24) is 10.2 Å². The highest BCUT2D eigenvalue weighted by atomic mass is 16.2. The molecule has 0 saturated carbocycles. The zero-order chi connectivity index (χ0) is 9.14. The van der Waals surface area contributed by atoms with Crippen molar-refractivity contribution in [3.63, 3.8) is 0 Å². The molecule has 3 N–H and O–H groups in total. The van der Waals surface area contributed by atoms with Gasteiger partial charge in [0.15, 0.2) is 0 Å². The molecule has 1 aliphatic rings. The molecule has 12 heavy (non-hydrogen) atoms. The monoisotopic (exact) mass is 171 g/mol. The van der Waals surface area contributed by atoms with Crippen molar-refractivity contribution in [2.45, 2.75) is 19.4 Å². The van der Waals surface area contributed by atoms with Gasteiger partial charge in [0, 0.05) is 26.2 Å². The maximum Gasteiger partial charge on any atom is 0.317 e. The predicted molar refractivity (Wildman–Crippen MR) is 47.8 cm³/mol. The minimum atomic E-state index is 0.00810. The van der Waals surface area contributed by atoms with Crippen LogP contribution in [0.2, 0.25) is 0 Å². The smallest absolute Gasteiger partial charge is 0.317 e. The summed E-state index contributed by atoms with van der Waals surface area (Å²) < 4.78 is 0. The Bertz CT molecular complexity index is 172. The number of rotatable bonds is 0. The van der Waals surface area contributed by atoms with E-state index in [0.29, 0.717) is 5.92 Å².